The van der Waals surface area contributed by atoms with Gasteiger partial charge in [0.1, 0.15) is 17.5 Å². The van der Waals surface area contributed by atoms with Crippen molar-refractivity contribution in [2.75, 3.05) is 19.4 Å². The molecule has 6 heteroatoms. The van der Waals surface area contributed by atoms with Crippen molar-refractivity contribution < 1.29 is 18.0 Å². The normalized spacial score (nSPS) is 10.4. The summed E-state index contributed by atoms with van der Waals surface area (Å²) in [6.07, 6.45) is 0. The van der Waals surface area contributed by atoms with Gasteiger partial charge in [0.25, 0.3) is 5.91 Å². The first-order valence-electron chi connectivity index (χ1n) is 6.57. The second kappa shape index (κ2) is 6.51. The third-order valence-corrected chi connectivity index (χ3v) is 3.02. The molecule has 0 bridgehead atoms. The van der Waals surface area contributed by atoms with Crippen LogP contribution < -0.4 is 5.32 Å². The molecular weight excluding hydrogens is 293 g/mol. The summed E-state index contributed by atoms with van der Waals surface area (Å²) in [5.74, 6) is -2.42. The number of carbonyl (C=O) groups is 1. The molecule has 0 heterocycles. The lowest BCUT2D eigenvalue weighted by Gasteiger charge is -2.13. The minimum Gasteiger partial charge on any atom is -0.381 e. The molecule has 2 aromatic rings. The number of nitrogens with one attached hydrogen (secondary N) is 1. The molecule has 0 saturated carbocycles. The highest BCUT2D eigenvalue weighted by molar-refractivity contribution is 5.95. The van der Waals surface area contributed by atoms with Gasteiger partial charge in [-0.05, 0) is 35.9 Å². The van der Waals surface area contributed by atoms with E-state index in [0.29, 0.717) is 11.3 Å². The van der Waals surface area contributed by atoms with Crippen LogP contribution in [0.15, 0.2) is 36.4 Å². The highest BCUT2D eigenvalue weighted by Gasteiger charge is 2.14. The lowest BCUT2D eigenvalue weighted by atomic mass is 10.1. The van der Waals surface area contributed by atoms with Crippen molar-refractivity contribution in [1.29, 1.82) is 0 Å². The van der Waals surface area contributed by atoms with Gasteiger partial charge in [-0.1, -0.05) is 0 Å². The van der Waals surface area contributed by atoms with Crippen LogP contribution in [-0.4, -0.2) is 24.9 Å². The SMILES string of the molecule is CN(C)C(=O)c1cc(NCc2cc(F)cc(F)c2)ccc1F. The molecule has 0 aliphatic heterocycles. The van der Waals surface area contributed by atoms with Crippen LogP contribution in [0.4, 0.5) is 18.9 Å². The fourth-order valence-electron chi connectivity index (χ4n) is 1.96. The summed E-state index contributed by atoms with van der Waals surface area (Å²) in [4.78, 5) is 13.1. The molecule has 0 fully saturated rings. The Balaban J connectivity index is 2.16. The quantitative estimate of drug-likeness (QED) is 0.938. The third-order valence-electron chi connectivity index (χ3n) is 3.02. The van der Waals surface area contributed by atoms with Crippen molar-refractivity contribution in [1.82, 2.24) is 4.90 Å². The van der Waals surface area contributed by atoms with Crippen LogP contribution in [0.3, 0.4) is 0 Å². The molecule has 0 aromatic heterocycles. The Bertz CT molecular complexity index is 682. The molecule has 0 spiro atoms. The fraction of sp³-hybridized carbons (Fsp3) is 0.188. The van der Waals surface area contributed by atoms with Crippen LogP contribution in [0.2, 0.25) is 0 Å². The maximum Gasteiger partial charge on any atom is 0.256 e. The first kappa shape index (κ1) is 15.9. The molecule has 0 radical (unpaired) electrons. The number of hydrogen-bond acceptors (Lipinski definition) is 2. The van der Waals surface area contributed by atoms with E-state index in [2.05, 4.69) is 5.32 Å². The van der Waals surface area contributed by atoms with Gasteiger partial charge >= 0.3 is 0 Å². The predicted octanol–water partition coefficient (Wildman–Crippen LogP) is 3.42. The van der Waals surface area contributed by atoms with E-state index in [0.717, 1.165) is 6.07 Å². The van der Waals surface area contributed by atoms with Gasteiger partial charge in [-0.25, -0.2) is 13.2 Å². The maximum absolute atomic E-state index is 13.7. The second-order valence-corrected chi connectivity index (χ2v) is 5.03. The topological polar surface area (TPSA) is 32.3 Å². The fourth-order valence-corrected chi connectivity index (χ4v) is 1.96. The van der Waals surface area contributed by atoms with Gasteiger partial charge in [0, 0.05) is 32.4 Å². The minimum absolute atomic E-state index is 0.0691. The van der Waals surface area contributed by atoms with E-state index in [1.165, 1.54) is 49.3 Å². The first-order chi connectivity index (χ1) is 10.4. The number of benzene rings is 2. The minimum atomic E-state index is -0.667. The maximum atomic E-state index is 13.7. The van der Waals surface area contributed by atoms with Gasteiger partial charge in [0.05, 0.1) is 5.56 Å². The molecule has 1 N–H and O–H groups in total. The molecule has 0 atom stereocenters. The number of anilines is 1. The van der Waals surface area contributed by atoms with E-state index in [-0.39, 0.29) is 12.1 Å². The molecule has 3 nitrogen and oxygen atoms in total. The largest absolute Gasteiger partial charge is 0.381 e. The van der Waals surface area contributed by atoms with Crippen LogP contribution >= 0.6 is 0 Å². The summed E-state index contributed by atoms with van der Waals surface area (Å²) in [5.41, 5.74) is 0.819. The second-order valence-electron chi connectivity index (χ2n) is 5.03. The third kappa shape index (κ3) is 3.78. The van der Waals surface area contributed by atoms with E-state index in [4.69, 9.17) is 0 Å². The van der Waals surface area contributed by atoms with Crippen LogP contribution in [0.1, 0.15) is 15.9 Å². The summed E-state index contributed by atoms with van der Waals surface area (Å²) in [6.45, 7) is 0.149. The van der Waals surface area contributed by atoms with Crippen LogP contribution in [-0.2, 0) is 6.54 Å². The zero-order valence-corrected chi connectivity index (χ0v) is 12.2. The Morgan fingerprint density at radius 3 is 2.27 bits per heavy atom. The van der Waals surface area contributed by atoms with Gasteiger partial charge in [0.2, 0.25) is 0 Å². The lowest BCUT2D eigenvalue weighted by molar-refractivity contribution is 0.0823. The Morgan fingerprint density at radius 1 is 1.05 bits per heavy atom. The number of halogens is 3. The van der Waals surface area contributed by atoms with Crippen molar-refractivity contribution >= 4 is 11.6 Å². The first-order valence-corrected chi connectivity index (χ1v) is 6.57. The summed E-state index contributed by atoms with van der Waals surface area (Å²) < 4.78 is 39.9. The van der Waals surface area contributed by atoms with E-state index in [1.54, 1.807) is 0 Å². The van der Waals surface area contributed by atoms with E-state index in [1.807, 2.05) is 0 Å². The number of hydrogen-bond donors (Lipinski definition) is 1. The Morgan fingerprint density at radius 2 is 1.68 bits per heavy atom. The molecule has 0 unspecified atom stereocenters. The lowest BCUT2D eigenvalue weighted by Crippen LogP contribution is -2.23. The molecular formula is C16H15F3N2O. The molecule has 2 aromatic carbocycles. The molecule has 0 aliphatic carbocycles. The van der Waals surface area contributed by atoms with Crippen LogP contribution in [0.25, 0.3) is 0 Å². The summed E-state index contributed by atoms with van der Waals surface area (Å²) in [7, 11) is 3.05. The predicted molar refractivity (Wildman–Crippen MR) is 78.1 cm³/mol. The summed E-state index contributed by atoms with van der Waals surface area (Å²) in [6, 6.07) is 7.18. The van der Waals surface area contributed by atoms with Gasteiger partial charge in [-0.2, -0.15) is 0 Å². The smallest absolute Gasteiger partial charge is 0.256 e. The monoisotopic (exact) mass is 308 g/mol. The molecule has 116 valence electrons. The Kier molecular flexibility index (Phi) is 4.70. The van der Waals surface area contributed by atoms with Crippen molar-refractivity contribution in [3.63, 3.8) is 0 Å². The van der Waals surface area contributed by atoms with Gasteiger partial charge in [-0.15, -0.1) is 0 Å². The molecule has 2 rings (SSSR count). The van der Waals surface area contributed by atoms with E-state index < -0.39 is 23.4 Å². The zero-order valence-electron chi connectivity index (χ0n) is 12.2. The van der Waals surface area contributed by atoms with Gasteiger partial charge in [0.15, 0.2) is 0 Å². The van der Waals surface area contributed by atoms with Gasteiger partial charge in [-0.3, -0.25) is 4.79 Å². The number of amides is 1. The molecule has 0 aliphatic rings. The highest BCUT2D eigenvalue weighted by atomic mass is 19.1. The van der Waals surface area contributed by atoms with Crippen molar-refractivity contribution in [2.45, 2.75) is 6.54 Å². The Labute approximate surface area is 126 Å². The van der Waals surface area contributed by atoms with Crippen molar-refractivity contribution in [3.05, 3.63) is 65.0 Å². The molecule has 22 heavy (non-hydrogen) atoms. The molecule has 0 saturated heterocycles. The average Bonchev–Trinajstić information content (AvgIpc) is 2.44. The van der Waals surface area contributed by atoms with E-state index >= 15 is 0 Å². The summed E-state index contributed by atoms with van der Waals surface area (Å²) >= 11 is 0. The van der Waals surface area contributed by atoms with Crippen LogP contribution in [0, 0.1) is 17.5 Å². The zero-order chi connectivity index (χ0) is 16.3. The molecule has 1 amide bonds. The number of rotatable bonds is 4. The van der Waals surface area contributed by atoms with E-state index in [9.17, 15) is 18.0 Å². The average molecular weight is 308 g/mol. The number of carbonyl (C=O) groups excluding carboxylic acids is 1. The van der Waals surface area contributed by atoms with Gasteiger partial charge < -0.3 is 10.2 Å². The summed E-state index contributed by atoms with van der Waals surface area (Å²) in [5, 5.41) is 2.91. The number of nitrogens with zero attached hydrogens (tertiary/aromatic N) is 1. The van der Waals surface area contributed by atoms with Crippen molar-refractivity contribution in [3.8, 4) is 0 Å². The highest BCUT2D eigenvalue weighted by Crippen LogP contribution is 2.17. The van der Waals surface area contributed by atoms with Crippen molar-refractivity contribution in [2.24, 2.45) is 0 Å². The Hall–Kier alpha value is -2.50. The standard InChI is InChI=1S/C16H15F3N2O/c1-21(2)16(22)14-8-13(3-4-15(14)19)20-9-10-5-11(17)7-12(18)6-10/h3-8,20H,9H2,1-2H3. The van der Waals surface area contributed by atoms with Crippen LogP contribution in [0.5, 0.6) is 0 Å².